The maximum Gasteiger partial charge on any atom is 0.205 e. The van der Waals surface area contributed by atoms with E-state index in [1.807, 2.05) is 6.07 Å². The van der Waals surface area contributed by atoms with Crippen molar-refractivity contribution in [2.24, 2.45) is 0 Å². The Morgan fingerprint density at radius 2 is 2.06 bits per heavy atom. The Morgan fingerprint density at radius 1 is 1.35 bits per heavy atom. The van der Waals surface area contributed by atoms with Gasteiger partial charge in [0, 0.05) is 22.8 Å². The van der Waals surface area contributed by atoms with E-state index in [4.69, 9.17) is 16.9 Å². The average Bonchev–Trinajstić information content (AvgIpc) is 2.84. The minimum Gasteiger partial charge on any atom is -0.387 e. The second-order valence-electron chi connectivity index (χ2n) is 3.83. The fraction of sp³-hybridized carbons (Fsp3) is 0.231. The van der Waals surface area contributed by atoms with Crippen LogP contribution in [-0.2, 0) is 0 Å². The average molecular weight is 247 g/mol. The zero-order valence-electron chi connectivity index (χ0n) is 9.16. The van der Waals surface area contributed by atoms with Crippen LogP contribution >= 0.6 is 11.6 Å². The number of nitrogens with zero attached hydrogens (tertiary/aromatic N) is 1. The lowest BCUT2D eigenvalue weighted by molar-refractivity contribution is 0.103. The van der Waals surface area contributed by atoms with Gasteiger partial charge in [0.2, 0.25) is 5.78 Å². The number of nitriles is 1. The van der Waals surface area contributed by atoms with Crippen LogP contribution in [0.1, 0.15) is 23.2 Å². The van der Waals surface area contributed by atoms with Gasteiger partial charge in [-0.25, -0.2) is 0 Å². The largest absolute Gasteiger partial charge is 0.387 e. The van der Waals surface area contributed by atoms with Crippen LogP contribution in [0.4, 0.5) is 0 Å². The number of hydrogen-bond acceptors (Lipinski definition) is 3. The van der Waals surface area contributed by atoms with Gasteiger partial charge in [0.1, 0.15) is 11.6 Å². The minimum atomic E-state index is -0.242. The highest BCUT2D eigenvalue weighted by Gasteiger charge is 2.19. The SMILES string of the molecule is N#C/C(C(=O)c1ccc(Cl)cc1)=C1/CCCN1. The van der Waals surface area contributed by atoms with Gasteiger partial charge in [-0.1, -0.05) is 11.6 Å². The van der Waals surface area contributed by atoms with E-state index < -0.39 is 0 Å². The number of halogens is 1. The smallest absolute Gasteiger partial charge is 0.205 e. The molecule has 1 fully saturated rings. The van der Waals surface area contributed by atoms with Crippen LogP contribution < -0.4 is 5.32 Å². The van der Waals surface area contributed by atoms with Crippen molar-refractivity contribution in [3.05, 3.63) is 46.1 Å². The molecule has 1 heterocycles. The first kappa shape index (κ1) is 11.7. The van der Waals surface area contributed by atoms with E-state index in [0.717, 1.165) is 25.1 Å². The van der Waals surface area contributed by atoms with E-state index in [1.165, 1.54) is 0 Å². The van der Waals surface area contributed by atoms with Crippen LogP contribution in [-0.4, -0.2) is 12.3 Å². The third kappa shape index (κ3) is 2.48. The van der Waals surface area contributed by atoms with E-state index in [-0.39, 0.29) is 11.4 Å². The summed E-state index contributed by atoms with van der Waals surface area (Å²) in [5.41, 5.74) is 1.46. The van der Waals surface area contributed by atoms with E-state index in [1.54, 1.807) is 24.3 Å². The number of nitrogens with one attached hydrogen (secondary N) is 1. The predicted molar refractivity (Wildman–Crippen MR) is 65.7 cm³/mol. The lowest BCUT2D eigenvalue weighted by Gasteiger charge is -2.04. The molecule has 0 spiro atoms. The van der Waals surface area contributed by atoms with E-state index in [2.05, 4.69) is 5.32 Å². The summed E-state index contributed by atoms with van der Waals surface area (Å²) in [5.74, 6) is -0.242. The molecule has 0 atom stereocenters. The molecule has 1 aliphatic heterocycles. The second kappa shape index (κ2) is 5.03. The molecule has 0 aromatic heterocycles. The summed E-state index contributed by atoms with van der Waals surface area (Å²) in [4.78, 5) is 12.1. The van der Waals surface area contributed by atoms with Gasteiger partial charge in [-0.3, -0.25) is 4.79 Å². The van der Waals surface area contributed by atoms with Gasteiger partial charge in [-0.15, -0.1) is 0 Å². The van der Waals surface area contributed by atoms with Gasteiger partial charge in [0.15, 0.2) is 0 Å². The molecule has 1 aromatic carbocycles. The Kier molecular flexibility index (Phi) is 3.46. The highest BCUT2D eigenvalue weighted by molar-refractivity contribution is 6.30. The van der Waals surface area contributed by atoms with E-state index in [0.29, 0.717) is 10.6 Å². The Balaban J connectivity index is 2.33. The Bertz CT molecular complexity index is 503. The molecule has 4 heteroatoms. The molecule has 3 nitrogen and oxygen atoms in total. The van der Waals surface area contributed by atoms with Crippen molar-refractivity contribution in [3.63, 3.8) is 0 Å². The fourth-order valence-electron chi connectivity index (χ4n) is 1.81. The minimum absolute atomic E-state index is 0.213. The molecular formula is C13H11ClN2O. The van der Waals surface area contributed by atoms with Crippen LogP contribution in [0, 0.1) is 11.3 Å². The lowest BCUT2D eigenvalue weighted by Crippen LogP contribution is -2.12. The number of Topliss-reactive ketones (excluding diaryl/α,β-unsaturated/α-hetero) is 1. The van der Waals surface area contributed by atoms with Crippen molar-refractivity contribution < 1.29 is 4.79 Å². The number of rotatable bonds is 2. The molecule has 0 saturated carbocycles. The first-order valence-corrected chi connectivity index (χ1v) is 5.77. The standard InChI is InChI=1S/C13H11ClN2O/c14-10-5-3-9(4-6-10)13(17)11(8-15)12-2-1-7-16-12/h3-6,16H,1-2,7H2/b12-11+. The highest BCUT2D eigenvalue weighted by atomic mass is 35.5. The normalized spacial score (nSPS) is 17.2. The molecule has 1 saturated heterocycles. The maximum atomic E-state index is 12.1. The fourth-order valence-corrected chi connectivity index (χ4v) is 1.93. The van der Waals surface area contributed by atoms with Crippen LogP contribution in [0.25, 0.3) is 0 Å². The number of benzene rings is 1. The van der Waals surface area contributed by atoms with Gasteiger partial charge in [-0.05, 0) is 37.1 Å². The van der Waals surface area contributed by atoms with E-state index in [9.17, 15) is 4.79 Å². The number of carbonyl (C=O) groups excluding carboxylic acids is 1. The molecule has 0 amide bonds. The van der Waals surface area contributed by atoms with Crippen molar-refractivity contribution in [2.75, 3.05) is 6.54 Å². The van der Waals surface area contributed by atoms with Crippen molar-refractivity contribution in [1.82, 2.24) is 5.32 Å². The van der Waals surface area contributed by atoms with Crippen LogP contribution in [0.3, 0.4) is 0 Å². The Morgan fingerprint density at radius 3 is 2.59 bits per heavy atom. The van der Waals surface area contributed by atoms with Crippen LogP contribution in [0.2, 0.25) is 5.02 Å². The van der Waals surface area contributed by atoms with Gasteiger partial charge in [0.05, 0.1) is 0 Å². The predicted octanol–water partition coefficient (Wildman–Crippen LogP) is 2.68. The topological polar surface area (TPSA) is 52.9 Å². The molecule has 86 valence electrons. The summed E-state index contributed by atoms with van der Waals surface area (Å²) in [6, 6.07) is 8.56. The maximum absolute atomic E-state index is 12.1. The monoisotopic (exact) mass is 246 g/mol. The number of allylic oxidation sites excluding steroid dienone is 2. The van der Waals surface area contributed by atoms with Gasteiger partial charge in [0.25, 0.3) is 0 Å². The number of ketones is 1. The summed E-state index contributed by atoms with van der Waals surface area (Å²) in [7, 11) is 0. The second-order valence-corrected chi connectivity index (χ2v) is 4.27. The molecule has 17 heavy (non-hydrogen) atoms. The van der Waals surface area contributed by atoms with Gasteiger partial charge in [-0.2, -0.15) is 5.26 Å². The Hall–Kier alpha value is -1.79. The van der Waals surface area contributed by atoms with Crippen LogP contribution in [0.5, 0.6) is 0 Å². The summed E-state index contributed by atoms with van der Waals surface area (Å²) in [6.07, 6.45) is 1.73. The summed E-state index contributed by atoms with van der Waals surface area (Å²) >= 11 is 5.76. The van der Waals surface area contributed by atoms with Crippen molar-refractivity contribution >= 4 is 17.4 Å². The molecule has 1 aromatic rings. The molecule has 0 aliphatic carbocycles. The van der Waals surface area contributed by atoms with E-state index >= 15 is 0 Å². The third-order valence-electron chi connectivity index (χ3n) is 2.69. The zero-order chi connectivity index (χ0) is 12.3. The molecule has 0 radical (unpaired) electrons. The van der Waals surface area contributed by atoms with Crippen LogP contribution in [0.15, 0.2) is 35.5 Å². The quantitative estimate of drug-likeness (QED) is 0.496. The molecular weight excluding hydrogens is 236 g/mol. The van der Waals surface area contributed by atoms with Crippen molar-refractivity contribution in [2.45, 2.75) is 12.8 Å². The van der Waals surface area contributed by atoms with Crippen molar-refractivity contribution in [3.8, 4) is 6.07 Å². The molecule has 1 aliphatic rings. The first-order chi connectivity index (χ1) is 8.22. The zero-order valence-corrected chi connectivity index (χ0v) is 9.92. The molecule has 2 rings (SSSR count). The number of hydrogen-bond donors (Lipinski definition) is 1. The summed E-state index contributed by atoms with van der Waals surface area (Å²) in [6.45, 7) is 0.828. The lowest BCUT2D eigenvalue weighted by atomic mass is 10.0. The Labute approximate surface area is 105 Å². The van der Waals surface area contributed by atoms with Gasteiger partial charge >= 0.3 is 0 Å². The summed E-state index contributed by atoms with van der Waals surface area (Å²) < 4.78 is 0. The first-order valence-electron chi connectivity index (χ1n) is 5.40. The summed E-state index contributed by atoms with van der Waals surface area (Å²) in [5, 5.41) is 12.7. The van der Waals surface area contributed by atoms with Gasteiger partial charge < -0.3 is 5.32 Å². The molecule has 1 N–H and O–H groups in total. The van der Waals surface area contributed by atoms with Crippen molar-refractivity contribution in [1.29, 1.82) is 5.26 Å². The molecule has 0 bridgehead atoms. The number of carbonyl (C=O) groups is 1. The third-order valence-corrected chi connectivity index (χ3v) is 2.94. The highest BCUT2D eigenvalue weighted by Crippen LogP contribution is 2.19. The molecule has 0 unspecified atom stereocenters.